The first-order valence-corrected chi connectivity index (χ1v) is 7.94. The standard InChI is InChI=1S/C13H10Br3N3O/c1-6-2-11(17)8(5-18-6)13(20)19-12-9(15)3-7(14)4-10(12)16/h2-5H,1H3,(H2,17,18)(H,19,20). The van der Waals surface area contributed by atoms with Gasteiger partial charge in [-0.25, -0.2) is 0 Å². The molecule has 0 saturated carbocycles. The quantitative estimate of drug-likeness (QED) is 0.688. The first-order valence-electron chi connectivity index (χ1n) is 5.56. The summed E-state index contributed by atoms with van der Waals surface area (Å²) in [7, 11) is 0. The van der Waals surface area contributed by atoms with E-state index in [2.05, 4.69) is 58.1 Å². The van der Waals surface area contributed by atoms with Crippen LogP contribution in [0, 0.1) is 6.92 Å². The summed E-state index contributed by atoms with van der Waals surface area (Å²) in [6.07, 6.45) is 1.47. The minimum atomic E-state index is -0.307. The average molecular weight is 464 g/mol. The summed E-state index contributed by atoms with van der Waals surface area (Å²) in [4.78, 5) is 16.3. The van der Waals surface area contributed by atoms with Crippen molar-refractivity contribution in [1.29, 1.82) is 0 Å². The molecule has 1 aromatic heterocycles. The molecule has 1 aromatic carbocycles. The molecule has 1 heterocycles. The van der Waals surface area contributed by atoms with Crippen molar-refractivity contribution >= 4 is 65.1 Å². The molecule has 0 atom stereocenters. The summed E-state index contributed by atoms with van der Waals surface area (Å²) >= 11 is 10.2. The Morgan fingerprint density at radius 2 is 1.80 bits per heavy atom. The second kappa shape index (κ2) is 6.24. The van der Waals surface area contributed by atoms with E-state index in [1.807, 2.05) is 19.1 Å². The summed E-state index contributed by atoms with van der Waals surface area (Å²) in [5.74, 6) is -0.307. The number of aryl methyl sites for hydroxylation is 1. The molecule has 0 fully saturated rings. The van der Waals surface area contributed by atoms with Gasteiger partial charge in [0.1, 0.15) is 0 Å². The van der Waals surface area contributed by atoms with Crippen molar-refractivity contribution in [2.45, 2.75) is 6.92 Å². The highest BCUT2D eigenvalue weighted by molar-refractivity contribution is 9.11. The van der Waals surface area contributed by atoms with Crippen LogP contribution in [0.15, 0.2) is 37.8 Å². The molecule has 20 heavy (non-hydrogen) atoms. The molecule has 7 heteroatoms. The van der Waals surface area contributed by atoms with Gasteiger partial charge in [0.2, 0.25) is 0 Å². The van der Waals surface area contributed by atoms with Gasteiger partial charge in [0.15, 0.2) is 0 Å². The van der Waals surface area contributed by atoms with E-state index in [-0.39, 0.29) is 5.91 Å². The Balaban J connectivity index is 2.33. The molecule has 1 amide bonds. The normalized spacial score (nSPS) is 10.4. The number of aromatic nitrogens is 1. The number of nitrogens with one attached hydrogen (secondary N) is 1. The molecule has 0 radical (unpaired) electrons. The average Bonchev–Trinajstić information content (AvgIpc) is 2.33. The minimum Gasteiger partial charge on any atom is -0.398 e. The molecule has 104 valence electrons. The molecule has 4 nitrogen and oxygen atoms in total. The molecular weight excluding hydrogens is 454 g/mol. The van der Waals surface area contributed by atoms with E-state index >= 15 is 0 Å². The smallest absolute Gasteiger partial charge is 0.259 e. The van der Waals surface area contributed by atoms with Gasteiger partial charge in [-0.1, -0.05) is 15.9 Å². The lowest BCUT2D eigenvalue weighted by Crippen LogP contribution is -2.15. The predicted octanol–water partition coefficient (Wildman–Crippen LogP) is 4.51. The molecule has 2 rings (SSSR count). The summed E-state index contributed by atoms with van der Waals surface area (Å²) in [5.41, 5.74) is 8.00. The van der Waals surface area contributed by atoms with Gasteiger partial charge in [0, 0.05) is 31.0 Å². The Morgan fingerprint density at radius 3 is 2.35 bits per heavy atom. The van der Waals surface area contributed by atoms with Gasteiger partial charge in [-0.3, -0.25) is 9.78 Å². The Bertz CT molecular complexity index is 666. The number of halogens is 3. The zero-order valence-electron chi connectivity index (χ0n) is 10.4. The number of nitrogen functional groups attached to an aromatic ring is 1. The van der Waals surface area contributed by atoms with Gasteiger partial charge in [-0.2, -0.15) is 0 Å². The molecule has 3 N–H and O–H groups in total. The first-order chi connectivity index (χ1) is 9.38. The number of rotatable bonds is 2. The number of nitrogens with zero attached hydrogens (tertiary/aromatic N) is 1. The molecule has 0 saturated heterocycles. The van der Waals surface area contributed by atoms with Crippen LogP contribution in [0.25, 0.3) is 0 Å². The van der Waals surface area contributed by atoms with E-state index in [1.165, 1.54) is 6.20 Å². The van der Waals surface area contributed by atoms with Gasteiger partial charge in [0.25, 0.3) is 5.91 Å². The van der Waals surface area contributed by atoms with Crippen LogP contribution in [0.4, 0.5) is 11.4 Å². The number of pyridine rings is 1. The van der Waals surface area contributed by atoms with Crippen LogP contribution in [0.3, 0.4) is 0 Å². The fourth-order valence-electron chi connectivity index (χ4n) is 1.61. The SMILES string of the molecule is Cc1cc(N)c(C(=O)Nc2c(Br)cc(Br)cc2Br)cn1. The third-order valence-electron chi connectivity index (χ3n) is 2.56. The Hall–Kier alpha value is -0.920. The zero-order chi connectivity index (χ0) is 14.9. The van der Waals surface area contributed by atoms with Crippen molar-refractivity contribution in [2.75, 3.05) is 11.1 Å². The highest BCUT2D eigenvalue weighted by Gasteiger charge is 2.14. The monoisotopic (exact) mass is 461 g/mol. The lowest BCUT2D eigenvalue weighted by molar-refractivity contribution is 0.102. The van der Waals surface area contributed by atoms with Crippen molar-refractivity contribution in [2.24, 2.45) is 0 Å². The molecule has 0 aliphatic rings. The summed E-state index contributed by atoms with van der Waals surface area (Å²) in [5, 5.41) is 2.81. The molecular formula is C13H10Br3N3O. The van der Waals surface area contributed by atoms with Gasteiger partial charge in [0.05, 0.1) is 11.3 Å². The number of hydrogen-bond acceptors (Lipinski definition) is 3. The highest BCUT2D eigenvalue weighted by atomic mass is 79.9. The summed E-state index contributed by atoms with van der Waals surface area (Å²) < 4.78 is 2.40. The van der Waals surface area contributed by atoms with E-state index in [9.17, 15) is 4.79 Å². The summed E-state index contributed by atoms with van der Waals surface area (Å²) in [6.45, 7) is 1.82. The van der Waals surface area contributed by atoms with Crippen molar-refractivity contribution < 1.29 is 4.79 Å². The van der Waals surface area contributed by atoms with Crippen LogP contribution in [0.2, 0.25) is 0 Å². The lowest BCUT2D eigenvalue weighted by Gasteiger charge is -2.11. The predicted molar refractivity (Wildman–Crippen MR) is 90.9 cm³/mol. The summed E-state index contributed by atoms with van der Waals surface area (Å²) in [6, 6.07) is 5.36. The van der Waals surface area contributed by atoms with Crippen LogP contribution in [-0.2, 0) is 0 Å². The highest BCUT2D eigenvalue weighted by Crippen LogP contribution is 2.34. The van der Waals surface area contributed by atoms with Gasteiger partial charge in [-0.05, 0) is 57.0 Å². The van der Waals surface area contributed by atoms with Gasteiger partial charge in [-0.15, -0.1) is 0 Å². The Labute approximate surface area is 141 Å². The van der Waals surface area contributed by atoms with Crippen LogP contribution in [0.5, 0.6) is 0 Å². The van der Waals surface area contributed by atoms with Gasteiger partial charge >= 0.3 is 0 Å². The number of benzene rings is 1. The number of carbonyl (C=O) groups excluding carboxylic acids is 1. The van der Waals surface area contributed by atoms with Crippen molar-refractivity contribution in [3.8, 4) is 0 Å². The van der Waals surface area contributed by atoms with Crippen molar-refractivity contribution in [1.82, 2.24) is 4.98 Å². The molecule has 0 unspecified atom stereocenters. The number of hydrogen-bond donors (Lipinski definition) is 2. The number of amides is 1. The molecule has 2 aromatic rings. The number of nitrogens with two attached hydrogens (primary N) is 1. The second-order valence-electron chi connectivity index (χ2n) is 4.11. The third kappa shape index (κ3) is 3.39. The minimum absolute atomic E-state index is 0.307. The Kier molecular flexibility index (Phi) is 4.82. The molecule has 0 bridgehead atoms. The maximum Gasteiger partial charge on any atom is 0.259 e. The largest absolute Gasteiger partial charge is 0.398 e. The van der Waals surface area contributed by atoms with E-state index < -0.39 is 0 Å². The van der Waals surface area contributed by atoms with Crippen LogP contribution < -0.4 is 11.1 Å². The van der Waals surface area contributed by atoms with Crippen molar-refractivity contribution in [3.63, 3.8) is 0 Å². The van der Waals surface area contributed by atoms with Gasteiger partial charge < -0.3 is 11.1 Å². The van der Waals surface area contributed by atoms with E-state index in [1.54, 1.807) is 6.07 Å². The number of carbonyl (C=O) groups is 1. The zero-order valence-corrected chi connectivity index (χ0v) is 15.1. The maximum atomic E-state index is 12.3. The maximum absolute atomic E-state index is 12.3. The van der Waals surface area contributed by atoms with E-state index in [0.717, 1.165) is 19.1 Å². The van der Waals surface area contributed by atoms with Crippen LogP contribution in [-0.4, -0.2) is 10.9 Å². The fourth-order valence-corrected chi connectivity index (χ4v) is 4.07. The molecule has 0 aliphatic carbocycles. The van der Waals surface area contributed by atoms with E-state index in [4.69, 9.17) is 5.73 Å². The van der Waals surface area contributed by atoms with Crippen LogP contribution >= 0.6 is 47.8 Å². The van der Waals surface area contributed by atoms with Crippen molar-refractivity contribution in [3.05, 3.63) is 49.1 Å². The fraction of sp³-hybridized carbons (Fsp3) is 0.0769. The Morgan fingerprint density at radius 1 is 1.20 bits per heavy atom. The molecule has 0 spiro atoms. The van der Waals surface area contributed by atoms with Crippen LogP contribution in [0.1, 0.15) is 16.1 Å². The first kappa shape index (κ1) is 15.5. The topological polar surface area (TPSA) is 68.0 Å². The third-order valence-corrected chi connectivity index (χ3v) is 4.27. The second-order valence-corrected chi connectivity index (χ2v) is 6.74. The van der Waals surface area contributed by atoms with E-state index in [0.29, 0.717) is 16.9 Å². The number of anilines is 2. The molecule has 0 aliphatic heterocycles. The lowest BCUT2D eigenvalue weighted by atomic mass is 10.2.